The van der Waals surface area contributed by atoms with Gasteiger partial charge in [-0.05, 0) is 57.1 Å². The predicted molar refractivity (Wildman–Crippen MR) is 103 cm³/mol. The van der Waals surface area contributed by atoms with Gasteiger partial charge in [-0.3, -0.25) is 4.79 Å². The van der Waals surface area contributed by atoms with Crippen molar-refractivity contribution in [3.63, 3.8) is 0 Å². The molecular weight excluding hydrogens is 366 g/mol. The van der Waals surface area contributed by atoms with Crippen LogP contribution in [0.15, 0.2) is 29.2 Å². The summed E-state index contributed by atoms with van der Waals surface area (Å²) in [5, 5.41) is 0. The minimum atomic E-state index is -3.63. The number of nitrogens with zero attached hydrogens (tertiary/aromatic N) is 2. The highest BCUT2D eigenvalue weighted by molar-refractivity contribution is 7.89. The van der Waals surface area contributed by atoms with Gasteiger partial charge in [-0.15, -0.1) is 0 Å². The van der Waals surface area contributed by atoms with E-state index < -0.39 is 10.0 Å². The van der Waals surface area contributed by atoms with Crippen LogP contribution in [0.4, 0.5) is 0 Å². The van der Waals surface area contributed by atoms with Crippen molar-refractivity contribution in [1.82, 2.24) is 14.5 Å². The third-order valence-corrected chi connectivity index (χ3v) is 7.14. The molecule has 0 bridgehead atoms. The van der Waals surface area contributed by atoms with E-state index in [1.807, 2.05) is 4.90 Å². The van der Waals surface area contributed by atoms with Crippen LogP contribution in [0.25, 0.3) is 0 Å². The van der Waals surface area contributed by atoms with Crippen LogP contribution in [-0.4, -0.2) is 70.0 Å². The first kappa shape index (κ1) is 20.1. The van der Waals surface area contributed by atoms with Crippen molar-refractivity contribution in [2.75, 3.05) is 33.8 Å². The Hall–Kier alpha value is -1.64. The molecule has 150 valence electrons. The van der Waals surface area contributed by atoms with Gasteiger partial charge in [0.05, 0.1) is 12.0 Å². The zero-order valence-electron chi connectivity index (χ0n) is 16.1. The number of amides is 1. The van der Waals surface area contributed by atoms with Crippen molar-refractivity contribution in [3.8, 4) is 5.75 Å². The first-order valence-electron chi connectivity index (χ1n) is 9.56. The molecule has 1 aromatic carbocycles. The normalized spacial score (nSPS) is 23.7. The van der Waals surface area contributed by atoms with Crippen LogP contribution in [0.1, 0.15) is 32.1 Å². The Labute approximate surface area is 161 Å². The summed E-state index contributed by atoms with van der Waals surface area (Å²) in [6.45, 7) is 1.96. The number of rotatable bonds is 6. The maximum absolute atomic E-state index is 12.7. The minimum Gasteiger partial charge on any atom is -0.497 e. The number of likely N-dealkylation sites (tertiary alicyclic amines) is 2. The number of methoxy groups -OCH3 is 1. The molecule has 1 amide bonds. The Morgan fingerprint density at radius 2 is 1.89 bits per heavy atom. The summed E-state index contributed by atoms with van der Waals surface area (Å²) in [6, 6.07) is 6.90. The number of ether oxygens (including phenoxy) is 1. The number of carbonyl (C=O) groups excluding carboxylic acids is 1. The molecule has 0 aromatic heterocycles. The van der Waals surface area contributed by atoms with Crippen LogP contribution < -0.4 is 9.46 Å². The highest BCUT2D eigenvalue weighted by Gasteiger charge is 2.39. The van der Waals surface area contributed by atoms with E-state index in [2.05, 4.69) is 16.7 Å². The molecule has 0 saturated carbocycles. The van der Waals surface area contributed by atoms with Crippen molar-refractivity contribution >= 4 is 15.9 Å². The summed E-state index contributed by atoms with van der Waals surface area (Å²) < 4.78 is 32.3. The summed E-state index contributed by atoms with van der Waals surface area (Å²) in [7, 11) is 0.0420. The molecule has 2 aliphatic rings. The standard InChI is InChI=1S/C19H29N3O4S/c1-21-13-4-3-5-18-17(21)11-14-22(18)19(23)10-12-20-27(24,25)16-8-6-15(26-2)7-9-16/h6-9,17-18,20H,3-5,10-14H2,1-2H3/t17-,18-/m1/s1. The first-order valence-corrected chi connectivity index (χ1v) is 11.0. The average molecular weight is 396 g/mol. The smallest absolute Gasteiger partial charge is 0.240 e. The van der Waals surface area contributed by atoms with Crippen molar-refractivity contribution in [2.24, 2.45) is 0 Å². The summed E-state index contributed by atoms with van der Waals surface area (Å²) in [5.41, 5.74) is 0. The van der Waals surface area contributed by atoms with Crippen LogP contribution in [0, 0.1) is 0 Å². The Morgan fingerprint density at radius 3 is 2.59 bits per heavy atom. The van der Waals surface area contributed by atoms with Gasteiger partial charge >= 0.3 is 0 Å². The summed E-state index contributed by atoms with van der Waals surface area (Å²) in [5.74, 6) is 0.635. The number of sulfonamides is 1. The van der Waals surface area contributed by atoms with Crippen molar-refractivity contribution in [1.29, 1.82) is 0 Å². The molecule has 2 saturated heterocycles. The van der Waals surface area contributed by atoms with E-state index in [4.69, 9.17) is 4.74 Å². The van der Waals surface area contributed by atoms with Crippen LogP contribution in [0.3, 0.4) is 0 Å². The number of carbonyl (C=O) groups is 1. The second-order valence-electron chi connectivity index (χ2n) is 7.31. The largest absolute Gasteiger partial charge is 0.497 e. The fraction of sp³-hybridized carbons (Fsp3) is 0.632. The van der Waals surface area contributed by atoms with E-state index in [0.29, 0.717) is 11.8 Å². The van der Waals surface area contributed by atoms with Crippen LogP contribution in [0.5, 0.6) is 5.75 Å². The molecule has 0 radical (unpaired) electrons. The Balaban J connectivity index is 1.54. The third kappa shape index (κ3) is 4.62. The Kier molecular flexibility index (Phi) is 6.39. The molecular formula is C19H29N3O4S. The van der Waals surface area contributed by atoms with E-state index in [-0.39, 0.29) is 29.8 Å². The number of hydrogen-bond acceptors (Lipinski definition) is 5. The molecule has 0 aliphatic carbocycles. The third-order valence-electron chi connectivity index (χ3n) is 5.66. The topological polar surface area (TPSA) is 78.9 Å². The highest BCUT2D eigenvalue weighted by Crippen LogP contribution is 2.29. The minimum absolute atomic E-state index is 0.0373. The van der Waals surface area contributed by atoms with Crippen molar-refractivity contribution < 1.29 is 17.9 Å². The van der Waals surface area contributed by atoms with Gasteiger partial charge in [-0.25, -0.2) is 13.1 Å². The number of benzene rings is 1. The maximum Gasteiger partial charge on any atom is 0.240 e. The maximum atomic E-state index is 12.7. The number of nitrogens with one attached hydrogen (secondary N) is 1. The monoisotopic (exact) mass is 395 g/mol. The molecule has 27 heavy (non-hydrogen) atoms. The molecule has 2 heterocycles. The lowest BCUT2D eigenvalue weighted by Crippen LogP contribution is -2.45. The SMILES string of the molecule is COc1ccc(S(=O)(=O)NCCC(=O)N2CC[C@@H]3[C@H]2CCCCN3C)cc1. The van der Waals surface area contributed by atoms with Gasteiger partial charge < -0.3 is 14.5 Å². The molecule has 0 spiro atoms. The van der Waals surface area contributed by atoms with Crippen molar-refractivity contribution in [2.45, 2.75) is 49.1 Å². The van der Waals surface area contributed by atoms with E-state index in [1.165, 1.54) is 25.7 Å². The summed E-state index contributed by atoms with van der Waals surface area (Å²) in [6.07, 6.45) is 4.54. The number of likely N-dealkylation sites (N-methyl/N-ethyl adjacent to an activating group) is 1. The quantitative estimate of drug-likeness (QED) is 0.789. The van der Waals surface area contributed by atoms with Crippen LogP contribution >= 0.6 is 0 Å². The molecule has 3 rings (SSSR count). The lowest BCUT2D eigenvalue weighted by atomic mass is 10.0. The van der Waals surface area contributed by atoms with E-state index in [1.54, 1.807) is 12.1 Å². The van der Waals surface area contributed by atoms with Gasteiger partial charge in [0.2, 0.25) is 15.9 Å². The van der Waals surface area contributed by atoms with E-state index in [9.17, 15) is 13.2 Å². The van der Waals surface area contributed by atoms with Gasteiger partial charge in [0.15, 0.2) is 0 Å². The summed E-state index contributed by atoms with van der Waals surface area (Å²) in [4.78, 5) is 17.2. The van der Waals surface area contributed by atoms with E-state index >= 15 is 0 Å². The van der Waals surface area contributed by atoms with Crippen molar-refractivity contribution in [3.05, 3.63) is 24.3 Å². The predicted octanol–water partition coefficient (Wildman–Crippen LogP) is 1.45. The number of hydrogen-bond donors (Lipinski definition) is 1. The Morgan fingerprint density at radius 1 is 1.15 bits per heavy atom. The second kappa shape index (κ2) is 8.58. The fourth-order valence-electron chi connectivity index (χ4n) is 4.16. The Bertz CT molecular complexity index is 751. The zero-order valence-corrected chi connectivity index (χ0v) is 16.9. The molecule has 2 fully saturated rings. The van der Waals surface area contributed by atoms with Gasteiger partial charge in [0.1, 0.15) is 5.75 Å². The van der Waals surface area contributed by atoms with Crippen LogP contribution in [0.2, 0.25) is 0 Å². The highest BCUT2D eigenvalue weighted by atomic mass is 32.2. The lowest BCUT2D eigenvalue weighted by Gasteiger charge is -2.30. The molecule has 2 atom stereocenters. The van der Waals surface area contributed by atoms with Gasteiger partial charge in [-0.1, -0.05) is 6.42 Å². The molecule has 1 aromatic rings. The molecule has 8 heteroatoms. The second-order valence-corrected chi connectivity index (χ2v) is 9.08. The van der Waals surface area contributed by atoms with Crippen LogP contribution in [-0.2, 0) is 14.8 Å². The number of fused-ring (bicyclic) bond motifs is 1. The molecule has 0 unspecified atom stereocenters. The summed E-state index contributed by atoms with van der Waals surface area (Å²) >= 11 is 0. The lowest BCUT2D eigenvalue weighted by molar-refractivity contribution is -0.132. The average Bonchev–Trinajstić information content (AvgIpc) is 3.00. The van der Waals surface area contributed by atoms with Gasteiger partial charge in [0, 0.05) is 31.6 Å². The molecule has 2 aliphatic heterocycles. The zero-order chi connectivity index (χ0) is 19.4. The molecule has 1 N–H and O–H groups in total. The first-order chi connectivity index (χ1) is 12.9. The molecule has 7 nitrogen and oxygen atoms in total. The van der Waals surface area contributed by atoms with Gasteiger partial charge in [-0.2, -0.15) is 0 Å². The van der Waals surface area contributed by atoms with Gasteiger partial charge in [0.25, 0.3) is 0 Å². The van der Waals surface area contributed by atoms with E-state index in [0.717, 1.165) is 32.4 Å². The fourth-order valence-corrected chi connectivity index (χ4v) is 5.20.